The summed E-state index contributed by atoms with van der Waals surface area (Å²) in [6.45, 7) is -0.395. The molecule has 4 heterocycles. The van der Waals surface area contributed by atoms with Crippen molar-refractivity contribution in [1.82, 2.24) is 19.5 Å². The molecule has 2 aliphatic heterocycles. The molecule has 3 aliphatic rings. The van der Waals surface area contributed by atoms with Crippen molar-refractivity contribution in [2.24, 2.45) is 0 Å². The van der Waals surface area contributed by atoms with Gasteiger partial charge in [-0.3, -0.25) is 24.2 Å². The minimum absolute atomic E-state index is 0.0394. The number of fused-ring (bicyclic) bond motifs is 2. The van der Waals surface area contributed by atoms with Crippen molar-refractivity contribution in [2.75, 3.05) is 20.2 Å². The molecular weight excluding hydrogens is 564 g/mol. The monoisotopic (exact) mass is 594 g/mol. The lowest BCUT2D eigenvalue weighted by Crippen LogP contribution is -2.62. The van der Waals surface area contributed by atoms with E-state index in [1.165, 1.54) is 30.3 Å². The molecule has 12 nitrogen and oxygen atoms in total. The Kier molecular flexibility index (Phi) is 7.09. The van der Waals surface area contributed by atoms with Crippen molar-refractivity contribution in [2.45, 2.75) is 56.1 Å². The molecule has 2 aromatic heterocycles. The number of carbonyl (C=O) groups is 4. The number of nitrogens with zero attached hydrogens (tertiary/aromatic N) is 3. The maximum Gasteiger partial charge on any atom is 0.310 e. The van der Waals surface area contributed by atoms with Gasteiger partial charge in [0.25, 0.3) is 15.9 Å². The Morgan fingerprint density at radius 2 is 1.88 bits per heavy atom. The topological polar surface area (TPSA) is 156 Å². The molecule has 2 unspecified atom stereocenters. The largest absolute Gasteiger partial charge is 0.497 e. The average molecular weight is 595 g/mol. The third-order valence-electron chi connectivity index (χ3n) is 8.47. The Bertz CT molecular complexity index is 1680. The summed E-state index contributed by atoms with van der Waals surface area (Å²) in [5.41, 5.74) is -1.03. The van der Waals surface area contributed by atoms with E-state index in [0.717, 1.165) is 10.7 Å². The molecule has 1 aliphatic carbocycles. The summed E-state index contributed by atoms with van der Waals surface area (Å²) in [7, 11) is -3.02. The van der Waals surface area contributed by atoms with Crippen LogP contribution >= 0.6 is 0 Å². The number of rotatable bonds is 6. The standard InChI is InChI=1S/C29H30N4O8S/c1-40-19-8-9-23-18(15-19)16-24(41-23)26(35)31-29(11-4-2-5-12-29)28(37)32-14-10-21-25(32)22(34)17-33(21)42(38,39)27(36)20-7-3-6-13-30-20/h3,6-9,13,15-16,21,25H,2,4-5,10-12,14,17H2,1H3,(H,31,35). The number of nitrogens with one attached hydrogen (secondary N) is 1. The zero-order chi connectivity index (χ0) is 29.6. The van der Waals surface area contributed by atoms with Crippen LogP contribution in [0.2, 0.25) is 0 Å². The molecule has 0 spiro atoms. The van der Waals surface area contributed by atoms with Crippen molar-refractivity contribution >= 4 is 43.7 Å². The molecule has 6 rings (SSSR count). The smallest absolute Gasteiger partial charge is 0.310 e. The Balaban J connectivity index is 1.25. The van der Waals surface area contributed by atoms with Gasteiger partial charge in [-0.1, -0.05) is 25.3 Å². The molecule has 42 heavy (non-hydrogen) atoms. The summed E-state index contributed by atoms with van der Waals surface area (Å²) in [6, 6.07) is 9.19. The van der Waals surface area contributed by atoms with Gasteiger partial charge in [-0.25, -0.2) is 8.42 Å². The molecule has 3 aromatic rings. The number of hydrogen-bond acceptors (Lipinski definition) is 9. The van der Waals surface area contributed by atoms with Crippen LogP contribution in [0.1, 0.15) is 59.6 Å². The first kappa shape index (κ1) is 28.0. The van der Waals surface area contributed by atoms with Gasteiger partial charge in [-0.05, 0) is 55.7 Å². The summed E-state index contributed by atoms with van der Waals surface area (Å²) in [5, 5.41) is 2.41. The minimum Gasteiger partial charge on any atom is -0.497 e. The van der Waals surface area contributed by atoms with Crippen LogP contribution in [-0.4, -0.2) is 83.1 Å². The van der Waals surface area contributed by atoms with E-state index in [4.69, 9.17) is 9.15 Å². The molecule has 0 bridgehead atoms. The van der Waals surface area contributed by atoms with Crippen LogP contribution in [-0.2, 0) is 19.6 Å². The van der Waals surface area contributed by atoms with Crippen LogP contribution in [0.5, 0.6) is 5.75 Å². The predicted molar refractivity (Wildman–Crippen MR) is 149 cm³/mol. The highest BCUT2D eigenvalue weighted by Crippen LogP contribution is 2.38. The molecule has 2 amide bonds. The first-order chi connectivity index (χ1) is 20.1. The van der Waals surface area contributed by atoms with Gasteiger partial charge in [-0.15, -0.1) is 0 Å². The number of sulfonamides is 1. The van der Waals surface area contributed by atoms with Gasteiger partial charge in [0, 0.05) is 18.1 Å². The fourth-order valence-corrected chi connectivity index (χ4v) is 7.88. The van der Waals surface area contributed by atoms with Crippen LogP contribution in [0.25, 0.3) is 11.0 Å². The van der Waals surface area contributed by atoms with Gasteiger partial charge in [0.05, 0.1) is 19.7 Å². The van der Waals surface area contributed by atoms with Gasteiger partial charge in [0.2, 0.25) is 5.91 Å². The van der Waals surface area contributed by atoms with Crippen molar-refractivity contribution in [1.29, 1.82) is 0 Å². The quantitative estimate of drug-likeness (QED) is 0.452. The number of benzene rings is 1. The first-order valence-electron chi connectivity index (χ1n) is 13.9. The molecular formula is C29H30N4O8S. The number of likely N-dealkylation sites (tertiary alicyclic amines) is 1. The number of furan rings is 1. The second-order valence-corrected chi connectivity index (χ2v) is 12.7. The summed E-state index contributed by atoms with van der Waals surface area (Å²) >= 11 is 0. The van der Waals surface area contributed by atoms with E-state index in [9.17, 15) is 27.6 Å². The third kappa shape index (κ3) is 4.66. The van der Waals surface area contributed by atoms with E-state index in [1.54, 1.807) is 30.3 Å². The van der Waals surface area contributed by atoms with Crippen molar-refractivity contribution in [3.05, 3.63) is 60.1 Å². The number of aromatic nitrogens is 1. The molecule has 3 fully saturated rings. The summed E-state index contributed by atoms with van der Waals surface area (Å²) in [6.07, 6.45) is 4.52. The third-order valence-corrected chi connectivity index (χ3v) is 10.2. The zero-order valence-electron chi connectivity index (χ0n) is 22.9. The number of Topliss-reactive ketones (excluding diaryl/α,β-unsaturated/α-hetero) is 1. The van der Waals surface area contributed by atoms with Gasteiger partial charge < -0.3 is 19.4 Å². The molecule has 2 atom stereocenters. The lowest BCUT2D eigenvalue weighted by molar-refractivity contribution is -0.143. The van der Waals surface area contributed by atoms with Crippen molar-refractivity contribution in [3.63, 3.8) is 0 Å². The van der Waals surface area contributed by atoms with Crippen LogP contribution in [0.3, 0.4) is 0 Å². The average Bonchev–Trinajstić information content (AvgIpc) is 3.72. The lowest BCUT2D eigenvalue weighted by atomic mass is 9.80. The molecule has 220 valence electrons. The molecule has 0 radical (unpaired) electrons. The predicted octanol–water partition coefficient (Wildman–Crippen LogP) is 2.29. The second-order valence-electron chi connectivity index (χ2n) is 10.9. The Morgan fingerprint density at radius 1 is 1.10 bits per heavy atom. The van der Waals surface area contributed by atoms with E-state index in [0.29, 0.717) is 42.4 Å². The number of methoxy groups -OCH3 is 1. The molecule has 2 saturated heterocycles. The van der Waals surface area contributed by atoms with E-state index in [-0.39, 0.29) is 24.4 Å². The zero-order valence-corrected chi connectivity index (χ0v) is 23.8. The summed E-state index contributed by atoms with van der Waals surface area (Å²) in [4.78, 5) is 59.0. The second kappa shape index (κ2) is 10.6. The SMILES string of the molecule is COc1ccc2oc(C(=O)NC3(C(=O)N4CCC5C4C(=O)CN5S(=O)(=O)C(=O)c4ccccn4)CCCCC3)cc2c1. The molecule has 1 aromatic carbocycles. The Morgan fingerprint density at radius 3 is 2.60 bits per heavy atom. The maximum atomic E-state index is 14.2. The highest BCUT2D eigenvalue weighted by molar-refractivity contribution is 8.04. The van der Waals surface area contributed by atoms with Gasteiger partial charge in [-0.2, -0.15) is 4.31 Å². The normalized spacial score (nSPS) is 22.2. The lowest BCUT2D eigenvalue weighted by Gasteiger charge is -2.40. The fourth-order valence-electron chi connectivity index (χ4n) is 6.41. The summed E-state index contributed by atoms with van der Waals surface area (Å²) < 4.78 is 38.5. The van der Waals surface area contributed by atoms with E-state index in [2.05, 4.69) is 10.3 Å². The van der Waals surface area contributed by atoms with Gasteiger partial charge in [0.15, 0.2) is 11.5 Å². The first-order valence-corrected chi connectivity index (χ1v) is 15.3. The van der Waals surface area contributed by atoms with Crippen LogP contribution in [0, 0.1) is 0 Å². The van der Waals surface area contributed by atoms with Crippen LogP contribution in [0.15, 0.2) is 53.1 Å². The Labute approximate surface area is 242 Å². The highest BCUT2D eigenvalue weighted by atomic mass is 32.2. The number of ketones is 1. The van der Waals surface area contributed by atoms with Gasteiger partial charge >= 0.3 is 5.12 Å². The Hall–Kier alpha value is -4.10. The van der Waals surface area contributed by atoms with Crippen LogP contribution in [0.4, 0.5) is 0 Å². The number of pyridine rings is 1. The van der Waals surface area contributed by atoms with Crippen LogP contribution < -0.4 is 10.1 Å². The summed E-state index contributed by atoms with van der Waals surface area (Å²) in [5.74, 6) is -0.801. The molecule has 13 heteroatoms. The van der Waals surface area contributed by atoms with E-state index >= 15 is 0 Å². The molecule has 1 saturated carbocycles. The number of amides is 2. The molecule has 1 N–H and O–H groups in total. The van der Waals surface area contributed by atoms with Crippen molar-refractivity contribution < 1.29 is 36.7 Å². The van der Waals surface area contributed by atoms with Gasteiger partial charge in [0.1, 0.15) is 28.6 Å². The van der Waals surface area contributed by atoms with E-state index in [1.807, 2.05) is 0 Å². The highest BCUT2D eigenvalue weighted by Gasteiger charge is 2.57. The minimum atomic E-state index is -4.56. The van der Waals surface area contributed by atoms with E-state index < -0.39 is 56.9 Å². The number of hydrogen-bond donors (Lipinski definition) is 1. The number of ether oxygens (including phenoxy) is 1. The fraction of sp³-hybridized carbons (Fsp3) is 0.414. The van der Waals surface area contributed by atoms with Crippen molar-refractivity contribution in [3.8, 4) is 5.75 Å². The maximum absolute atomic E-state index is 14.2. The number of carbonyl (C=O) groups excluding carboxylic acids is 4.